The summed E-state index contributed by atoms with van der Waals surface area (Å²) in [5.74, 6) is 1.44. The number of rotatable bonds is 5. The Morgan fingerprint density at radius 1 is 1.32 bits per heavy atom. The molecule has 22 heavy (non-hydrogen) atoms. The van der Waals surface area contributed by atoms with E-state index in [0.29, 0.717) is 35.8 Å². The number of carbonyl (C=O) groups excluding carboxylic acids is 1. The fraction of sp³-hybridized carbons (Fsp3) is 0.875. The zero-order chi connectivity index (χ0) is 16.3. The predicted molar refractivity (Wildman–Crippen MR) is 84.3 cm³/mol. The quantitative estimate of drug-likeness (QED) is 0.781. The minimum Gasteiger partial charge on any atom is -0.479 e. The Balaban J connectivity index is 1.78. The summed E-state index contributed by atoms with van der Waals surface area (Å²) in [6, 6.07) is 0. The summed E-state index contributed by atoms with van der Waals surface area (Å²) >= 11 is 1.15. The third-order valence-corrected chi connectivity index (χ3v) is 5.68. The average molecular weight is 330 g/mol. The van der Waals surface area contributed by atoms with Gasteiger partial charge in [0.2, 0.25) is 11.7 Å². The van der Waals surface area contributed by atoms with Crippen molar-refractivity contribution in [3.05, 3.63) is 0 Å². The molecule has 1 aliphatic carbocycles. The van der Waals surface area contributed by atoms with Gasteiger partial charge in [-0.3, -0.25) is 4.79 Å². The molecule has 0 bridgehead atoms. The van der Waals surface area contributed by atoms with Crippen molar-refractivity contribution in [2.75, 3.05) is 5.75 Å². The van der Waals surface area contributed by atoms with Crippen LogP contribution in [-0.2, 0) is 19.1 Å². The minimum absolute atomic E-state index is 0.266. The zero-order valence-corrected chi connectivity index (χ0v) is 14.3. The van der Waals surface area contributed by atoms with E-state index >= 15 is 0 Å². The molecule has 0 spiro atoms. The standard InChI is InChI=1S/C16H26O5S/c1-9(2)12-5-10(3)4-11(6-12)7-13(17)20-14-8-22-16(21-14)15(18)19/h9-12,14,16H,4-8H2,1-3H3,(H,18,19)/t10-,11?,12-,14?,16-/m0/s1. The van der Waals surface area contributed by atoms with Gasteiger partial charge in [0.15, 0.2) is 0 Å². The van der Waals surface area contributed by atoms with Crippen LogP contribution in [0.25, 0.3) is 0 Å². The topological polar surface area (TPSA) is 72.8 Å². The first-order chi connectivity index (χ1) is 10.3. The molecule has 5 nitrogen and oxygen atoms in total. The molecular weight excluding hydrogens is 304 g/mol. The van der Waals surface area contributed by atoms with E-state index in [1.807, 2.05) is 0 Å². The largest absolute Gasteiger partial charge is 0.479 e. The van der Waals surface area contributed by atoms with Gasteiger partial charge in [0.1, 0.15) is 0 Å². The van der Waals surface area contributed by atoms with Crippen molar-refractivity contribution in [2.24, 2.45) is 23.7 Å². The van der Waals surface area contributed by atoms with E-state index in [2.05, 4.69) is 20.8 Å². The Morgan fingerprint density at radius 2 is 2.05 bits per heavy atom. The van der Waals surface area contributed by atoms with Gasteiger partial charge in [0.05, 0.1) is 5.75 Å². The van der Waals surface area contributed by atoms with Crippen molar-refractivity contribution < 1.29 is 24.2 Å². The lowest BCUT2D eigenvalue weighted by Crippen LogP contribution is -2.29. The first kappa shape index (κ1) is 17.6. The predicted octanol–water partition coefficient (Wildman–Crippen LogP) is 3.13. The highest BCUT2D eigenvalue weighted by molar-refractivity contribution is 8.00. The van der Waals surface area contributed by atoms with Crippen LogP contribution in [-0.4, -0.2) is 34.5 Å². The number of hydrogen-bond acceptors (Lipinski definition) is 5. The second kappa shape index (κ2) is 7.68. The van der Waals surface area contributed by atoms with Crippen molar-refractivity contribution in [1.29, 1.82) is 0 Å². The number of carboxylic acids is 1. The molecule has 0 aromatic heterocycles. The number of carboxylic acid groups (broad SMARTS) is 1. The van der Waals surface area contributed by atoms with Crippen molar-refractivity contribution in [2.45, 2.75) is 58.2 Å². The number of aliphatic carboxylic acids is 1. The molecular formula is C16H26O5S. The number of esters is 1. The SMILES string of the molecule is CC(C)[C@@H]1CC(CC(=O)OC2CS[C@@H](C(=O)O)O2)C[C@H](C)C1. The van der Waals surface area contributed by atoms with Crippen LogP contribution in [0.4, 0.5) is 0 Å². The van der Waals surface area contributed by atoms with Crippen molar-refractivity contribution in [3.63, 3.8) is 0 Å². The number of hydrogen-bond donors (Lipinski definition) is 1. The van der Waals surface area contributed by atoms with Crippen LogP contribution in [0.15, 0.2) is 0 Å². The molecule has 1 aliphatic heterocycles. The molecule has 0 radical (unpaired) electrons. The Morgan fingerprint density at radius 3 is 2.64 bits per heavy atom. The second-order valence-corrected chi connectivity index (χ2v) is 8.04. The molecule has 126 valence electrons. The van der Waals surface area contributed by atoms with Crippen LogP contribution in [0.1, 0.15) is 46.5 Å². The minimum atomic E-state index is -1.02. The van der Waals surface area contributed by atoms with Crippen LogP contribution in [0.3, 0.4) is 0 Å². The summed E-state index contributed by atoms with van der Waals surface area (Å²) in [5.41, 5.74) is -0.919. The third kappa shape index (κ3) is 4.88. The Labute approximate surface area is 136 Å². The van der Waals surface area contributed by atoms with Crippen molar-refractivity contribution in [3.8, 4) is 0 Å². The van der Waals surface area contributed by atoms with Gasteiger partial charge in [-0.1, -0.05) is 20.8 Å². The molecule has 1 heterocycles. The molecule has 1 saturated heterocycles. The van der Waals surface area contributed by atoms with Gasteiger partial charge in [-0.05, 0) is 42.9 Å². The smallest absolute Gasteiger partial charge is 0.343 e. The summed E-state index contributed by atoms with van der Waals surface area (Å²) in [4.78, 5) is 22.9. The van der Waals surface area contributed by atoms with Crippen LogP contribution >= 0.6 is 11.8 Å². The number of thioether (sulfide) groups is 1. The Bertz CT molecular complexity index is 411. The molecule has 5 atom stereocenters. The highest BCUT2D eigenvalue weighted by Crippen LogP contribution is 2.38. The molecule has 2 fully saturated rings. The Kier molecular flexibility index (Phi) is 6.15. The maximum Gasteiger partial charge on any atom is 0.343 e. The van der Waals surface area contributed by atoms with Gasteiger partial charge in [-0.25, -0.2) is 4.79 Å². The summed E-state index contributed by atoms with van der Waals surface area (Å²) in [7, 11) is 0. The van der Waals surface area contributed by atoms with Gasteiger partial charge in [0, 0.05) is 6.42 Å². The average Bonchev–Trinajstić information content (AvgIpc) is 2.86. The van der Waals surface area contributed by atoms with E-state index in [4.69, 9.17) is 14.6 Å². The van der Waals surface area contributed by atoms with E-state index in [0.717, 1.165) is 24.6 Å². The molecule has 2 rings (SSSR count). The molecule has 2 unspecified atom stereocenters. The first-order valence-corrected chi connectivity index (χ1v) is 9.09. The second-order valence-electron chi connectivity index (χ2n) is 6.95. The lowest BCUT2D eigenvalue weighted by Gasteiger charge is -2.35. The fourth-order valence-electron chi connectivity index (χ4n) is 3.52. The highest BCUT2D eigenvalue weighted by atomic mass is 32.2. The summed E-state index contributed by atoms with van der Waals surface area (Å²) in [5, 5.41) is 8.85. The van der Waals surface area contributed by atoms with E-state index in [9.17, 15) is 9.59 Å². The van der Waals surface area contributed by atoms with Crippen molar-refractivity contribution >= 4 is 23.7 Å². The maximum atomic E-state index is 12.1. The molecule has 1 N–H and O–H groups in total. The summed E-state index contributed by atoms with van der Waals surface area (Å²) < 4.78 is 10.5. The van der Waals surface area contributed by atoms with Gasteiger partial charge in [-0.2, -0.15) is 0 Å². The van der Waals surface area contributed by atoms with Crippen LogP contribution in [0.2, 0.25) is 0 Å². The molecule has 1 saturated carbocycles. The van der Waals surface area contributed by atoms with Gasteiger partial charge in [-0.15, -0.1) is 11.8 Å². The van der Waals surface area contributed by atoms with Gasteiger partial charge < -0.3 is 14.6 Å². The van der Waals surface area contributed by atoms with E-state index in [1.165, 1.54) is 6.42 Å². The van der Waals surface area contributed by atoms with E-state index in [-0.39, 0.29) is 5.97 Å². The zero-order valence-electron chi connectivity index (χ0n) is 13.5. The van der Waals surface area contributed by atoms with Crippen LogP contribution in [0, 0.1) is 23.7 Å². The fourth-order valence-corrected chi connectivity index (χ4v) is 4.34. The van der Waals surface area contributed by atoms with Crippen molar-refractivity contribution in [1.82, 2.24) is 0 Å². The van der Waals surface area contributed by atoms with Crippen LogP contribution in [0.5, 0.6) is 0 Å². The molecule has 2 aliphatic rings. The molecule has 0 aromatic carbocycles. The summed E-state index contributed by atoms with van der Waals surface area (Å²) in [6.07, 6.45) is 3.08. The summed E-state index contributed by atoms with van der Waals surface area (Å²) in [6.45, 7) is 6.74. The molecule has 6 heteroatoms. The van der Waals surface area contributed by atoms with Crippen LogP contribution < -0.4 is 0 Å². The monoisotopic (exact) mass is 330 g/mol. The Hall–Kier alpha value is -0.750. The highest BCUT2D eigenvalue weighted by Gasteiger charge is 2.35. The van der Waals surface area contributed by atoms with E-state index in [1.54, 1.807) is 0 Å². The van der Waals surface area contributed by atoms with Gasteiger partial charge >= 0.3 is 11.9 Å². The van der Waals surface area contributed by atoms with E-state index < -0.39 is 17.7 Å². The molecule has 0 aromatic rings. The lowest BCUT2D eigenvalue weighted by atomic mass is 9.71. The molecule has 0 amide bonds. The number of ether oxygens (including phenoxy) is 2. The normalized spacial score (nSPS) is 35.5. The third-order valence-electron chi connectivity index (χ3n) is 4.60. The lowest BCUT2D eigenvalue weighted by molar-refractivity contribution is -0.181. The van der Waals surface area contributed by atoms with Gasteiger partial charge in [0.25, 0.3) is 0 Å². The first-order valence-electron chi connectivity index (χ1n) is 8.04. The maximum absolute atomic E-state index is 12.1. The number of carbonyl (C=O) groups is 2.